The molecule has 0 bridgehead atoms. The van der Waals surface area contributed by atoms with Crippen molar-refractivity contribution >= 4 is 17.7 Å². The van der Waals surface area contributed by atoms with Crippen LogP contribution in [0.2, 0.25) is 0 Å². The monoisotopic (exact) mass is 310 g/mol. The molecule has 1 aromatic heterocycles. The van der Waals surface area contributed by atoms with Gasteiger partial charge in [-0.2, -0.15) is 0 Å². The molecule has 0 aromatic carbocycles. The predicted molar refractivity (Wildman–Crippen MR) is 87.5 cm³/mol. The third-order valence-electron chi connectivity index (χ3n) is 2.99. The normalized spacial score (nSPS) is 15.5. The number of thioether (sulfide) groups is 1. The first-order valence-corrected chi connectivity index (χ1v) is 8.28. The molecule has 0 saturated heterocycles. The van der Waals surface area contributed by atoms with Gasteiger partial charge in [-0.3, -0.25) is 10.1 Å². The van der Waals surface area contributed by atoms with Crippen LogP contribution in [-0.2, 0) is 9.53 Å². The second kappa shape index (κ2) is 8.39. The SMILES string of the molecule is CCOC(=O)C(C)(CC(C)Sc1ccccn1)NC(C)C. The van der Waals surface area contributed by atoms with Crippen LogP contribution in [0.5, 0.6) is 0 Å². The van der Waals surface area contributed by atoms with E-state index in [1.807, 2.05) is 45.9 Å². The Balaban J connectivity index is 2.73. The van der Waals surface area contributed by atoms with Crippen molar-refractivity contribution in [2.45, 2.75) is 62.9 Å². The maximum absolute atomic E-state index is 12.3. The van der Waals surface area contributed by atoms with Crippen LogP contribution < -0.4 is 5.32 Å². The summed E-state index contributed by atoms with van der Waals surface area (Å²) in [5.41, 5.74) is -0.675. The number of nitrogens with zero attached hydrogens (tertiary/aromatic N) is 1. The standard InChI is InChI=1S/C16H26N2O2S/c1-6-20-15(19)16(5,18-12(2)3)11-13(4)21-14-9-7-8-10-17-14/h7-10,12-13,18H,6,11H2,1-5H3. The van der Waals surface area contributed by atoms with E-state index in [0.717, 1.165) is 5.03 Å². The van der Waals surface area contributed by atoms with Crippen LogP contribution in [0.25, 0.3) is 0 Å². The molecule has 5 heteroatoms. The number of carbonyl (C=O) groups excluding carboxylic acids is 1. The second-order valence-electron chi connectivity index (χ2n) is 5.65. The molecular formula is C16H26N2O2S. The van der Waals surface area contributed by atoms with Gasteiger partial charge in [-0.25, -0.2) is 4.98 Å². The highest BCUT2D eigenvalue weighted by atomic mass is 32.2. The second-order valence-corrected chi connectivity index (χ2v) is 7.11. The van der Waals surface area contributed by atoms with Gasteiger partial charge in [0.1, 0.15) is 5.54 Å². The zero-order valence-electron chi connectivity index (χ0n) is 13.6. The number of ether oxygens (including phenoxy) is 1. The molecule has 0 amide bonds. The lowest BCUT2D eigenvalue weighted by atomic mass is 9.95. The van der Waals surface area contributed by atoms with Crippen molar-refractivity contribution in [3.63, 3.8) is 0 Å². The van der Waals surface area contributed by atoms with E-state index >= 15 is 0 Å². The Bertz CT molecular complexity index is 439. The highest BCUT2D eigenvalue weighted by molar-refractivity contribution is 7.99. The van der Waals surface area contributed by atoms with E-state index < -0.39 is 5.54 Å². The molecule has 0 aliphatic heterocycles. The Labute approximate surface area is 132 Å². The molecule has 1 N–H and O–H groups in total. The van der Waals surface area contributed by atoms with E-state index in [2.05, 4.69) is 17.2 Å². The Kier molecular flexibility index (Phi) is 7.18. The average Bonchev–Trinajstić information content (AvgIpc) is 2.38. The predicted octanol–water partition coefficient (Wildman–Crippen LogP) is 3.27. The fraction of sp³-hybridized carbons (Fsp3) is 0.625. The number of carbonyl (C=O) groups is 1. The first kappa shape index (κ1) is 18.0. The Morgan fingerprint density at radius 1 is 1.43 bits per heavy atom. The van der Waals surface area contributed by atoms with Crippen molar-refractivity contribution in [2.75, 3.05) is 6.61 Å². The maximum atomic E-state index is 12.3. The van der Waals surface area contributed by atoms with Gasteiger partial charge in [0.15, 0.2) is 0 Å². The number of rotatable bonds is 8. The number of hydrogen-bond acceptors (Lipinski definition) is 5. The van der Waals surface area contributed by atoms with Crippen LogP contribution in [0.15, 0.2) is 29.4 Å². The molecule has 0 radical (unpaired) electrons. The fourth-order valence-electron chi connectivity index (χ4n) is 2.37. The molecule has 0 aliphatic carbocycles. The fourth-order valence-corrected chi connectivity index (χ4v) is 3.48. The summed E-state index contributed by atoms with van der Waals surface area (Å²) in [5, 5.41) is 4.57. The molecule has 21 heavy (non-hydrogen) atoms. The van der Waals surface area contributed by atoms with E-state index in [4.69, 9.17) is 4.74 Å². The minimum atomic E-state index is -0.675. The largest absolute Gasteiger partial charge is 0.465 e. The maximum Gasteiger partial charge on any atom is 0.326 e. The zero-order valence-corrected chi connectivity index (χ0v) is 14.4. The molecule has 0 aliphatic rings. The lowest BCUT2D eigenvalue weighted by Gasteiger charge is -2.32. The van der Waals surface area contributed by atoms with E-state index in [0.29, 0.717) is 13.0 Å². The number of esters is 1. The van der Waals surface area contributed by atoms with Gasteiger partial charge in [0.2, 0.25) is 0 Å². The van der Waals surface area contributed by atoms with Gasteiger partial charge in [-0.1, -0.05) is 13.0 Å². The number of pyridine rings is 1. The molecule has 0 saturated carbocycles. The number of aromatic nitrogens is 1. The van der Waals surface area contributed by atoms with Gasteiger partial charge in [0.05, 0.1) is 11.6 Å². The van der Waals surface area contributed by atoms with Crippen molar-refractivity contribution in [2.24, 2.45) is 0 Å². The van der Waals surface area contributed by atoms with Crippen molar-refractivity contribution in [3.05, 3.63) is 24.4 Å². The zero-order chi connectivity index (χ0) is 15.9. The van der Waals surface area contributed by atoms with Crippen LogP contribution in [-0.4, -0.2) is 34.4 Å². The molecule has 118 valence electrons. The topological polar surface area (TPSA) is 51.2 Å². The van der Waals surface area contributed by atoms with Crippen LogP contribution in [0.1, 0.15) is 41.0 Å². The number of hydrogen-bond donors (Lipinski definition) is 1. The summed E-state index contributed by atoms with van der Waals surface area (Å²) in [5.74, 6) is -0.188. The highest BCUT2D eigenvalue weighted by Crippen LogP contribution is 2.28. The Morgan fingerprint density at radius 2 is 2.14 bits per heavy atom. The van der Waals surface area contributed by atoms with Gasteiger partial charge in [0.25, 0.3) is 0 Å². The number of nitrogens with one attached hydrogen (secondary N) is 1. The summed E-state index contributed by atoms with van der Waals surface area (Å²) in [6.45, 7) is 10.3. The van der Waals surface area contributed by atoms with Gasteiger partial charge in [-0.05, 0) is 46.2 Å². The van der Waals surface area contributed by atoms with E-state index in [1.54, 1.807) is 18.0 Å². The van der Waals surface area contributed by atoms with Crippen molar-refractivity contribution in [1.82, 2.24) is 10.3 Å². The molecule has 0 spiro atoms. The summed E-state index contributed by atoms with van der Waals surface area (Å²) < 4.78 is 5.23. The lowest BCUT2D eigenvalue weighted by molar-refractivity contribution is -0.151. The molecule has 2 atom stereocenters. The summed E-state index contributed by atoms with van der Waals surface area (Å²) in [6, 6.07) is 6.07. The quantitative estimate of drug-likeness (QED) is 0.590. The first-order chi connectivity index (χ1) is 9.87. The molecule has 4 nitrogen and oxygen atoms in total. The first-order valence-electron chi connectivity index (χ1n) is 7.40. The molecule has 1 aromatic rings. The Morgan fingerprint density at radius 3 is 2.67 bits per heavy atom. The molecule has 1 heterocycles. The minimum Gasteiger partial charge on any atom is -0.465 e. The van der Waals surface area contributed by atoms with Gasteiger partial charge in [0, 0.05) is 17.5 Å². The van der Waals surface area contributed by atoms with E-state index in [1.165, 1.54) is 0 Å². The summed E-state index contributed by atoms with van der Waals surface area (Å²) in [4.78, 5) is 16.6. The third kappa shape index (κ3) is 6.06. The van der Waals surface area contributed by atoms with Crippen LogP contribution in [0.3, 0.4) is 0 Å². The van der Waals surface area contributed by atoms with Crippen LogP contribution in [0, 0.1) is 0 Å². The van der Waals surface area contributed by atoms with Crippen LogP contribution >= 0.6 is 11.8 Å². The molecule has 2 unspecified atom stereocenters. The minimum absolute atomic E-state index is 0.188. The lowest BCUT2D eigenvalue weighted by Crippen LogP contribution is -2.54. The van der Waals surface area contributed by atoms with Gasteiger partial charge >= 0.3 is 5.97 Å². The van der Waals surface area contributed by atoms with Gasteiger partial charge in [-0.15, -0.1) is 11.8 Å². The molecule has 1 rings (SSSR count). The Hall–Kier alpha value is -1.07. The average molecular weight is 310 g/mol. The summed E-state index contributed by atoms with van der Waals surface area (Å²) in [7, 11) is 0. The van der Waals surface area contributed by atoms with Crippen molar-refractivity contribution in [3.8, 4) is 0 Å². The van der Waals surface area contributed by atoms with Gasteiger partial charge < -0.3 is 4.74 Å². The molecule has 0 fully saturated rings. The van der Waals surface area contributed by atoms with E-state index in [9.17, 15) is 4.79 Å². The summed E-state index contributed by atoms with van der Waals surface area (Å²) >= 11 is 1.67. The summed E-state index contributed by atoms with van der Waals surface area (Å²) in [6.07, 6.45) is 2.47. The molecular weight excluding hydrogens is 284 g/mol. The third-order valence-corrected chi connectivity index (χ3v) is 4.04. The smallest absolute Gasteiger partial charge is 0.326 e. The van der Waals surface area contributed by atoms with Crippen molar-refractivity contribution in [1.29, 1.82) is 0 Å². The van der Waals surface area contributed by atoms with Crippen molar-refractivity contribution < 1.29 is 9.53 Å². The van der Waals surface area contributed by atoms with Crippen LogP contribution in [0.4, 0.5) is 0 Å². The van der Waals surface area contributed by atoms with E-state index in [-0.39, 0.29) is 17.3 Å². The highest BCUT2D eigenvalue weighted by Gasteiger charge is 2.36.